The van der Waals surface area contributed by atoms with Gasteiger partial charge in [0.2, 0.25) is 0 Å². The Morgan fingerprint density at radius 2 is 1.86 bits per heavy atom. The maximum atomic E-state index is 3.44. The highest BCUT2D eigenvalue weighted by Crippen LogP contribution is 2.32. The van der Waals surface area contributed by atoms with Crippen molar-refractivity contribution in [3.8, 4) is 0 Å². The van der Waals surface area contributed by atoms with E-state index in [9.17, 15) is 0 Å². The fraction of sp³-hybridized carbons (Fsp3) is 0.833. The molecule has 0 saturated carbocycles. The van der Waals surface area contributed by atoms with Gasteiger partial charge in [0.1, 0.15) is 0 Å². The molecule has 1 fully saturated rings. The minimum Gasteiger partial charge on any atom is -0.369 e. The van der Waals surface area contributed by atoms with Gasteiger partial charge in [0.15, 0.2) is 0 Å². The van der Waals surface area contributed by atoms with Gasteiger partial charge in [0.25, 0.3) is 0 Å². The van der Waals surface area contributed by atoms with Crippen molar-refractivity contribution in [1.29, 1.82) is 0 Å². The van der Waals surface area contributed by atoms with Gasteiger partial charge in [-0.2, -0.15) is 0 Å². The summed E-state index contributed by atoms with van der Waals surface area (Å²) in [4.78, 5) is 2.66. The highest BCUT2D eigenvalue weighted by molar-refractivity contribution is 5.18. The van der Waals surface area contributed by atoms with Crippen LogP contribution in [0.2, 0.25) is 0 Å². The van der Waals surface area contributed by atoms with Crippen LogP contribution in [0.25, 0.3) is 0 Å². The summed E-state index contributed by atoms with van der Waals surface area (Å²) in [5.41, 5.74) is 3.14. The zero-order valence-electron chi connectivity index (χ0n) is 9.64. The highest BCUT2D eigenvalue weighted by Gasteiger charge is 2.30. The maximum absolute atomic E-state index is 3.44. The Hall–Kier alpha value is -0.500. The number of piperidine rings is 1. The highest BCUT2D eigenvalue weighted by atomic mass is 15.2. The van der Waals surface area contributed by atoms with E-state index < -0.39 is 0 Å². The van der Waals surface area contributed by atoms with E-state index in [-0.39, 0.29) is 0 Å². The molecule has 80 valence electrons. The second-order valence-corrected chi connectivity index (χ2v) is 4.81. The number of nitrogens with zero attached hydrogens (tertiary/aromatic N) is 1. The van der Waals surface area contributed by atoms with E-state index in [0.29, 0.717) is 0 Å². The molecule has 0 aromatic carbocycles. The van der Waals surface area contributed by atoms with Gasteiger partial charge in [-0.3, -0.25) is 0 Å². The Kier molecular flexibility index (Phi) is 2.82. The van der Waals surface area contributed by atoms with Crippen molar-refractivity contribution >= 4 is 0 Å². The molecule has 1 N–H and O–H groups in total. The lowest BCUT2D eigenvalue weighted by molar-refractivity contribution is 0.178. The molecule has 0 aliphatic carbocycles. The van der Waals surface area contributed by atoms with Gasteiger partial charge in [0.05, 0.1) is 0 Å². The molecular formula is C12H22N2. The summed E-state index contributed by atoms with van der Waals surface area (Å²) < 4.78 is 0. The van der Waals surface area contributed by atoms with E-state index in [2.05, 4.69) is 31.0 Å². The molecule has 2 heterocycles. The Balaban J connectivity index is 2.08. The summed E-state index contributed by atoms with van der Waals surface area (Å²) in [6.45, 7) is 9.33. The topological polar surface area (TPSA) is 15.3 Å². The number of allylic oxidation sites excluding steroid dienone is 1. The molecule has 2 nitrogen and oxygen atoms in total. The lowest BCUT2D eigenvalue weighted by Crippen LogP contribution is -2.44. The van der Waals surface area contributed by atoms with Crippen LogP contribution in [-0.2, 0) is 0 Å². The van der Waals surface area contributed by atoms with Crippen LogP contribution in [0.5, 0.6) is 0 Å². The number of rotatable bonds is 1. The minimum absolute atomic E-state index is 0.734. The monoisotopic (exact) mass is 194 g/mol. The van der Waals surface area contributed by atoms with Crippen LogP contribution in [0.1, 0.15) is 40.0 Å². The Morgan fingerprint density at radius 3 is 2.36 bits per heavy atom. The number of hydrogen-bond acceptors (Lipinski definition) is 2. The molecule has 1 unspecified atom stereocenters. The summed E-state index contributed by atoms with van der Waals surface area (Å²) in [5, 5.41) is 3.44. The Labute approximate surface area is 87.4 Å². The summed E-state index contributed by atoms with van der Waals surface area (Å²) >= 11 is 0. The fourth-order valence-electron chi connectivity index (χ4n) is 2.96. The van der Waals surface area contributed by atoms with E-state index in [1.165, 1.54) is 32.4 Å². The minimum atomic E-state index is 0.734. The molecule has 0 aromatic rings. The zero-order chi connectivity index (χ0) is 10.1. The first-order chi connectivity index (χ1) is 6.70. The molecule has 0 bridgehead atoms. The molecule has 14 heavy (non-hydrogen) atoms. The standard InChI is InChI=1S/C12H22N2/c1-9-8-10(2)14(11(9)3)12-4-6-13-7-5-12/h10,12-13H,4-8H2,1-3H3. The van der Waals surface area contributed by atoms with Crippen molar-refractivity contribution in [3.05, 3.63) is 11.3 Å². The van der Waals surface area contributed by atoms with Crippen molar-refractivity contribution < 1.29 is 0 Å². The predicted molar refractivity (Wildman–Crippen MR) is 60.2 cm³/mol. The first-order valence-electron chi connectivity index (χ1n) is 5.85. The van der Waals surface area contributed by atoms with Crippen LogP contribution in [0.15, 0.2) is 11.3 Å². The van der Waals surface area contributed by atoms with Gasteiger partial charge < -0.3 is 10.2 Å². The second kappa shape index (κ2) is 3.93. The van der Waals surface area contributed by atoms with Crippen molar-refractivity contribution in [2.75, 3.05) is 13.1 Å². The van der Waals surface area contributed by atoms with Gasteiger partial charge >= 0.3 is 0 Å². The molecule has 2 rings (SSSR count). The van der Waals surface area contributed by atoms with E-state index in [1.807, 2.05) is 0 Å². The van der Waals surface area contributed by atoms with Gasteiger partial charge in [-0.1, -0.05) is 5.57 Å². The van der Waals surface area contributed by atoms with E-state index in [4.69, 9.17) is 0 Å². The van der Waals surface area contributed by atoms with Crippen LogP contribution >= 0.6 is 0 Å². The third kappa shape index (κ3) is 1.68. The molecule has 2 heteroatoms. The molecule has 2 aliphatic heterocycles. The summed E-state index contributed by atoms with van der Waals surface area (Å²) in [7, 11) is 0. The van der Waals surface area contributed by atoms with Crippen LogP contribution in [0, 0.1) is 0 Å². The lowest BCUT2D eigenvalue weighted by Gasteiger charge is -2.37. The average Bonchev–Trinajstić information content (AvgIpc) is 2.43. The van der Waals surface area contributed by atoms with Crippen molar-refractivity contribution in [2.45, 2.75) is 52.1 Å². The van der Waals surface area contributed by atoms with E-state index in [1.54, 1.807) is 11.3 Å². The van der Waals surface area contributed by atoms with Gasteiger partial charge in [0, 0.05) is 17.8 Å². The molecular weight excluding hydrogens is 172 g/mol. The molecule has 0 radical (unpaired) electrons. The molecule has 1 atom stereocenters. The fourth-order valence-corrected chi connectivity index (χ4v) is 2.96. The van der Waals surface area contributed by atoms with Crippen LogP contribution < -0.4 is 5.32 Å². The first kappa shape index (κ1) is 10.0. The molecule has 0 amide bonds. The van der Waals surface area contributed by atoms with E-state index >= 15 is 0 Å². The average molecular weight is 194 g/mol. The van der Waals surface area contributed by atoms with Gasteiger partial charge in [-0.25, -0.2) is 0 Å². The van der Waals surface area contributed by atoms with Crippen LogP contribution in [0.3, 0.4) is 0 Å². The van der Waals surface area contributed by atoms with Crippen LogP contribution in [-0.4, -0.2) is 30.1 Å². The van der Waals surface area contributed by atoms with Crippen LogP contribution in [0.4, 0.5) is 0 Å². The van der Waals surface area contributed by atoms with Gasteiger partial charge in [-0.15, -0.1) is 0 Å². The molecule has 1 saturated heterocycles. The largest absolute Gasteiger partial charge is 0.369 e. The normalized spacial score (nSPS) is 30.2. The molecule has 0 aromatic heterocycles. The summed E-state index contributed by atoms with van der Waals surface area (Å²) in [5.74, 6) is 0. The van der Waals surface area contributed by atoms with Crippen molar-refractivity contribution in [2.24, 2.45) is 0 Å². The predicted octanol–water partition coefficient (Wildman–Crippen LogP) is 2.13. The van der Waals surface area contributed by atoms with Gasteiger partial charge in [-0.05, 0) is 53.1 Å². The summed E-state index contributed by atoms with van der Waals surface area (Å²) in [6, 6.07) is 1.53. The lowest BCUT2D eigenvalue weighted by atomic mass is 10.0. The third-order valence-electron chi connectivity index (χ3n) is 3.78. The SMILES string of the molecule is CC1=C(C)N(C2CCNCC2)C(C)C1. The van der Waals surface area contributed by atoms with E-state index in [0.717, 1.165) is 12.1 Å². The van der Waals surface area contributed by atoms with Crippen molar-refractivity contribution in [1.82, 2.24) is 10.2 Å². The maximum Gasteiger partial charge on any atom is 0.0314 e. The Morgan fingerprint density at radius 1 is 1.21 bits per heavy atom. The number of nitrogens with one attached hydrogen (secondary N) is 1. The zero-order valence-corrected chi connectivity index (χ0v) is 9.64. The second-order valence-electron chi connectivity index (χ2n) is 4.81. The van der Waals surface area contributed by atoms with Crippen molar-refractivity contribution in [3.63, 3.8) is 0 Å². The number of hydrogen-bond donors (Lipinski definition) is 1. The summed E-state index contributed by atoms with van der Waals surface area (Å²) in [6.07, 6.45) is 3.90. The molecule has 0 spiro atoms. The smallest absolute Gasteiger partial charge is 0.0314 e. The first-order valence-corrected chi connectivity index (χ1v) is 5.85. The quantitative estimate of drug-likeness (QED) is 0.688. The molecule has 2 aliphatic rings. The third-order valence-corrected chi connectivity index (χ3v) is 3.78. The Bertz CT molecular complexity index is 239.